The molecule has 2 unspecified atom stereocenters. The van der Waals surface area contributed by atoms with Gasteiger partial charge in [-0.15, -0.1) is 0 Å². The van der Waals surface area contributed by atoms with Crippen LogP contribution in [0.2, 0.25) is 0 Å². The molecule has 1 aromatic heterocycles. The quantitative estimate of drug-likeness (QED) is 0.661. The third-order valence-corrected chi connectivity index (χ3v) is 5.37. The standard InChI is InChI=1S/C14H21BrN4O2/c1-9-12(19(20)21)8-17-14(13(9)15)18(2)11-6-4-3-5-10(11)7-16/h8,10-11H,3-7,16H2,1-2H3. The van der Waals surface area contributed by atoms with E-state index < -0.39 is 4.92 Å². The Labute approximate surface area is 133 Å². The average molecular weight is 357 g/mol. The molecule has 1 heterocycles. The highest BCUT2D eigenvalue weighted by Crippen LogP contribution is 2.36. The third kappa shape index (κ3) is 3.18. The van der Waals surface area contributed by atoms with Gasteiger partial charge in [0.1, 0.15) is 12.0 Å². The Morgan fingerprint density at radius 3 is 2.81 bits per heavy atom. The molecule has 1 saturated carbocycles. The summed E-state index contributed by atoms with van der Waals surface area (Å²) in [4.78, 5) is 17.0. The van der Waals surface area contributed by atoms with Crippen molar-refractivity contribution in [3.05, 3.63) is 26.3 Å². The lowest BCUT2D eigenvalue weighted by Crippen LogP contribution is -2.43. The van der Waals surface area contributed by atoms with Crippen LogP contribution in [0.4, 0.5) is 11.5 Å². The van der Waals surface area contributed by atoms with E-state index in [0.717, 1.165) is 18.7 Å². The van der Waals surface area contributed by atoms with Crippen LogP contribution in [0.3, 0.4) is 0 Å². The zero-order valence-corrected chi connectivity index (χ0v) is 14.0. The highest BCUT2D eigenvalue weighted by atomic mass is 79.9. The number of halogens is 1. The molecule has 0 radical (unpaired) electrons. The SMILES string of the molecule is Cc1c([N+](=O)[O-])cnc(N(C)C2CCCCC2CN)c1Br. The number of nitrogens with two attached hydrogens (primary N) is 1. The fourth-order valence-corrected chi connectivity index (χ4v) is 3.70. The van der Waals surface area contributed by atoms with E-state index in [2.05, 4.69) is 25.8 Å². The van der Waals surface area contributed by atoms with Gasteiger partial charge in [-0.1, -0.05) is 12.8 Å². The molecule has 2 atom stereocenters. The van der Waals surface area contributed by atoms with Crippen molar-refractivity contribution in [1.29, 1.82) is 0 Å². The summed E-state index contributed by atoms with van der Waals surface area (Å²) >= 11 is 3.47. The smallest absolute Gasteiger partial charge is 0.291 e. The summed E-state index contributed by atoms with van der Waals surface area (Å²) in [5, 5.41) is 11.0. The molecule has 0 bridgehead atoms. The number of rotatable bonds is 4. The van der Waals surface area contributed by atoms with Crippen molar-refractivity contribution in [2.45, 2.75) is 38.6 Å². The van der Waals surface area contributed by atoms with Gasteiger partial charge in [0.2, 0.25) is 0 Å². The van der Waals surface area contributed by atoms with Crippen LogP contribution in [0.25, 0.3) is 0 Å². The lowest BCUT2D eigenvalue weighted by Gasteiger charge is -2.38. The van der Waals surface area contributed by atoms with Crippen molar-refractivity contribution in [1.82, 2.24) is 4.98 Å². The molecule has 2 N–H and O–H groups in total. The molecule has 0 aromatic carbocycles. The second-order valence-electron chi connectivity index (χ2n) is 5.62. The summed E-state index contributed by atoms with van der Waals surface area (Å²) in [5.41, 5.74) is 6.54. The molecule has 1 fully saturated rings. The topological polar surface area (TPSA) is 85.3 Å². The fourth-order valence-electron chi connectivity index (χ4n) is 3.12. The van der Waals surface area contributed by atoms with Crippen molar-refractivity contribution >= 4 is 27.4 Å². The van der Waals surface area contributed by atoms with Crippen molar-refractivity contribution in [2.75, 3.05) is 18.5 Å². The maximum atomic E-state index is 11.0. The predicted octanol–water partition coefficient (Wildman–Crippen LogP) is 3.01. The number of aromatic nitrogens is 1. The predicted molar refractivity (Wildman–Crippen MR) is 86.5 cm³/mol. The Morgan fingerprint density at radius 1 is 1.52 bits per heavy atom. The van der Waals surface area contributed by atoms with Crippen LogP contribution in [-0.4, -0.2) is 29.5 Å². The van der Waals surface area contributed by atoms with Crippen LogP contribution >= 0.6 is 15.9 Å². The first kappa shape index (κ1) is 16.2. The molecule has 6 nitrogen and oxygen atoms in total. The molecule has 1 aromatic rings. The summed E-state index contributed by atoms with van der Waals surface area (Å²) in [5.74, 6) is 1.20. The maximum absolute atomic E-state index is 11.0. The molecule has 1 aliphatic rings. The van der Waals surface area contributed by atoms with Gasteiger partial charge in [-0.05, 0) is 48.2 Å². The molecule has 0 spiro atoms. The summed E-state index contributed by atoms with van der Waals surface area (Å²) in [6.07, 6.45) is 5.97. The Balaban J connectivity index is 2.32. The molecule has 7 heteroatoms. The number of nitro groups is 1. The van der Waals surface area contributed by atoms with E-state index in [0.29, 0.717) is 28.5 Å². The lowest BCUT2D eigenvalue weighted by molar-refractivity contribution is -0.385. The first-order valence-electron chi connectivity index (χ1n) is 7.19. The first-order valence-corrected chi connectivity index (χ1v) is 7.99. The molecule has 2 rings (SSSR count). The van der Waals surface area contributed by atoms with Crippen molar-refractivity contribution in [2.24, 2.45) is 11.7 Å². The molecule has 1 aliphatic carbocycles. The highest BCUT2D eigenvalue weighted by molar-refractivity contribution is 9.10. The van der Waals surface area contributed by atoms with Crippen molar-refractivity contribution < 1.29 is 4.92 Å². The normalized spacial score (nSPS) is 22.1. The average Bonchev–Trinajstić information content (AvgIpc) is 2.48. The van der Waals surface area contributed by atoms with E-state index in [9.17, 15) is 10.1 Å². The van der Waals surface area contributed by atoms with E-state index in [4.69, 9.17) is 5.73 Å². The fraction of sp³-hybridized carbons (Fsp3) is 0.643. The van der Waals surface area contributed by atoms with E-state index in [1.165, 1.54) is 19.0 Å². The zero-order valence-electron chi connectivity index (χ0n) is 12.4. The number of hydrogen-bond acceptors (Lipinski definition) is 5. The van der Waals surface area contributed by atoms with Crippen LogP contribution in [-0.2, 0) is 0 Å². The van der Waals surface area contributed by atoms with Crippen molar-refractivity contribution in [3.8, 4) is 0 Å². The maximum Gasteiger partial charge on any atom is 0.291 e. The van der Waals surface area contributed by atoms with Gasteiger partial charge < -0.3 is 10.6 Å². The van der Waals surface area contributed by atoms with E-state index in [1.807, 2.05) is 7.05 Å². The van der Waals surface area contributed by atoms with Crippen molar-refractivity contribution in [3.63, 3.8) is 0 Å². The van der Waals surface area contributed by atoms with Crippen LogP contribution < -0.4 is 10.6 Å². The second-order valence-corrected chi connectivity index (χ2v) is 6.41. The minimum Gasteiger partial charge on any atom is -0.355 e. The molecule has 21 heavy (non-hydrogen) atoms. The Morgan fingerprint density at radius 2 is 2.19 bits per heavy atom. The molecule has 0 saturated heterocycles. The van der Waals surface area contributed by atoms with Gasteiger partial charge in [0.15, 0.2) is 0 Å². The molecular formula is C14H21BrN4O2. The van der Waals surface area contributed by atoms with Gasteiger partial charge >= 0.3 is 0 Å². The van der Waals surface area contributed by atoms with E-state index in [-0.39, 0.29) is 5.69 Å². The van der Waals surface area contributed by atoms with Crippen LogP contribution in [0, 0.1) is 23.0 Å². The number of pyridine rings is 1. The zero-order chi connectivity index (χ0) is 15.6. The number of anilines is 1. The lowest BCUT2D eigenvalue weighted by atomic mass is 9.83. The van der Waals surface area contributed by atoms with E-state index >= 15 is 0 Å². The summed E-state index contributed by atoms with van der Waals surface area (Å²) in [6, 6.07) is 0.341. The minimum atomic E-state index is -0.403. The van der Waals surface area contributed by atoms with Gasteiger partial charge in [0.05, 0.1) is 9.40 Å². The van der Waals surface area contributed by atoms with E-state index in [1.54, 1.807) is 6.92 Å². The summed E-state index contributed by atoms with van der Waals surface area (Å²) in [6.45, 7) is 2.40. The Kier molecular flexibility index (Phi) is 5.16. The summed E-state index contributed by atoms with van der Waals surface area (Å²) < 4.78 is 0.695. The van der Waals surface area contributed by atoms with Gasteiger partial charge in [0, 0.05) is 18.7 Å². The highest BCUT2D eigenvalue weighted by Gasteiger charge is 2.30. The van der Waals surface area contributed by atoms with Crippen LogP contribution in [0.1, 0.15) is 31.2 Å². The number of hydrogen-bond donors (Lipinski definition) is 1. The summed E-state index contributed by atoms with van der Waals surface area (Å²) in [7, 11) is 2.00. The van der Waals surface area contributed by atoms with Crippen LogP contribution in [0.15, 0.2) is 10.7 Å². The molecule has 0 aliphatic heterocycles. The Hall–Kier alpha value is -1.21. The van der Waals surface area contributed by atoms with Crippen LogP contribution in [0.5, 0.6) is 0 Å². The largest absolute Gasteiger partial charge is 0.355 e. The molecule has 116 valence electrons. The first-order chi connectivity index (χ1) is 9.97. The molecular weight excluding hydrogens is 336 g/mol. The van der Waals surface area contributed by atoms with Gasteiger partial charge in [-0.2, -0.15) is 0 Å². The molecule has 0 amide bonds. The monoisotopic (exact) mass is 356 g/mol. The minimum absolute atomic E-state index is 0.0399. The second kappa shape index (κ2) is 6.70. The third-order valence-electron chi connectivity index (χ3n) is 4.42. The Bertz CT molecular complexity index is 538. The number of nitrogens with zero attached hydrogens (tertiary/aromatic N) is 3. The van der Waals surface area contributed by atoms with Gasteiger partial charge in [-0.3, -0.25) is 10.1 Å². The van der Waals surface area contributed by atoms with Gasteiger partial charge in [-0.25, -0.2) is 4.98 Å². The van der Waals surface area contributed by atoms with Gasteiger partial charge in [0.25, 0.3) is 5.69 Å².